The van der Waals surface area contributed by atoms with Crippen molar-refractivity contribution in [2.24, 2.45) is 5.92 Å². The molecule has 0 radical (unpaired) electrons. The number of carbonyl (C=O) groups excluding carboxylic acids is 2. The second kappa shape index (κ2) is 13.3. The van der Waals surface area contributed by atoms with Gasteiger partial charge < -0.3 is 19.7 Å². The second-order valence-electron chi connectivity index (χ2n) is 16.0. The fraction of sp³-hybridized carbons (Fsp3) is 0.622. The second-order valence-corrected chi connectivity index (χ2v) is 16.0. The summed E-state index contributed by atoms with van der Waals surface area (Å²) in [7, 11) is 0. The van der Waals surface area contributed by atoms with Crippen LogP contribution in [0.3, 0.4) is 0 Å². The van der Waals surface area contributed by atoms with Gasteiger partial charge in [0, 0.05) is 0 Å². The number of unbranched alkanes of at least 4 members (excludes halogenated alkanes) is 1. The summed E-state index contributed by atoms with van der Waals surface area (Å²) in [4.78, 5) is 26.6. The molecular weight excluding hydrogens is 540 g/mol. The van der Waals surface area contributed by atoms with E-state index in [4.69, 9.17) is 9.47 Å². The number of esters is 2. The molecule has 0 saturated carbocycles. The predicted octanol–water partition coefficient (Wildman–Crippen LogP) is 8.88. The number of aromatic hydroxyl groups is 2. The zero-order chi connectivity index (χ0) is 33.1. The van der Waals surface area contributed by atoms with Gasteiger partial charge in [0.1, 0.15) is 24.7 Å². The van der Waals surface area contributed by atoms with Gasteiger partial charge in [-0.25, -0.2) is 0 Å². The molecule has 6 nitrogen and oxygen atoms in total. The highest BCUT2D eigenvalue weighted by molar-refractivity contribution is 5.94. The molecule has 0 atom stereocenters. The first-order chi connectivity index (χ1) is 19.5. The van der Waals surface area contributed by atoms with Crippen molar-refractivity contribution in [2.75, 3.05) is 0 Å². The summed E-state index contributed by atoms with van der Waals surface area (Å²) in [5.41, 5.74) is 3.40. The van der Waals surface area contributed by atoms with Crippen LogP contribution in [0.1, 0.15) is 143 Å². The van der Waals surface area contributed by atoms with Gasteiger partial charge in [0.25, 0.3) is 0 Å². The molecule has 0 aliphatic carbocycles. The molecule has 0 aliphatic heterocycles. The third kappa shape index (κ3) is 9.48. The largest absolute Gasteiger partial charge is 0.507 e. The Morgan fingerprint density at radius 2 is 0.884 bits per heavy atom. The molecule has 6 heteroatoms. The Labute approximate surface area is 260 Å². The number of rotatable bonds is 9. The Kier molecular flexibility index (Phi) is 11.2. The smallest absolute Gasteiger partial charge is 0.320 e. The Morgan fingerprint density at radius 3 is 1.12 bits per heavy atom. The van der Waals surface area contributed by atoms with Crippen molar-refractivity contribution < 1.29 is 29.3 Å². The molecule has 0 amide bonds. The Bertz CT molecular complexity index is 1120. The predicted molar refractivity (Wildman–Crippen MR) is 174 cm³/mol. The summed E-state index contributed by atoms with van der Waals surface area (Å²) in [6, 6.07) is 7.51. The average molecular weight is 597 g/mol. The van der Waals surface area contributed by atoms with Gasteiger partial charge >= 0.3 is 11.9 Å². The van der Waals surface area contributed by atoms with Gasteiger partial charge in [-0.15, -0.1) is 0 Å². The molecule has 240 valence electrons. The maximum atomic E-state index is 13.3. The average Bonchev–Trinajstić information content (AvgIpc) is 2.84. The van der Waals surface area contributed by atoms with Crippen LogP contribution in [0.4, 0.5) is 0 Å². The fourth-order valence-electron chi connectivity index (χ4n) is 5.09. The molecule has 43 heavy (non-hydrogen) atoms. The lowest BCUT2D eigenvalue weighted by Gasteiger charge is -2.28. The molecule has 2 aromatic rings. The van der Waals surface area contributed by atoms with Gasteiger partial charge in [-0.3, -0.25) is 9.59 Å². The summed E-state index contributed by atoms with van der Waals surface area (Å²) in [6.07, 6.45) is 1.83. The number of benzene rings is 2. The lowest BCUT2D eigenvalue weighted by Crippen LogP contribution is -2.28. The third-order valence-corrected chi connectivity index (χ3v) is 7.75. The van der Waals surface area contributed by atoms with E-state index in [-0.39, 0.29) is 46.4 Å². The minimum Gasteiger partial charge on any atom is -0.507 e. The first-order valence-electron chi connectivity index (χ1n) is 15.6. The van der Waals surface area contributed by atoms with Gasteiger partial charge in [-0.2, -0.15) is 0 Å². The maximum Gasteiger partial charge on any atom is 0.320 e. The molecule has 0 saturated heterocycles. The Balaban J connectivity index is 2.31. The highest BCUT2D eigenvalue weighted by Crippen LogP contribution is 2.41. The lowest BCUT2D eigenvalue weighted by molar-refractivity contribution is -0.164. The molecule has 0 unspecified atom stereocenters. The monoisotopic (exact) mass is 596 g/mol. The first kappa shape index (κ1) is 36.2. The zero-order valence-corrected chi connectivity index (χ0v) is 28.9. The number of hydrogen-bond donors (Lipinski definition) is 2. The standard InChI is InChI=1S/C37H56O6/c1-14-15-16-25(32(40)42-21-23-17-26(34(2,3)4)30(38)27(18-23)35(5,6)7)33(41)43-22-24-19-28(36(8,9)10)31(39)29(20-24)37(11,12)13/h17-20,25,38-39H,14-16,21-22H2,1-13H3. The van der Waals surface area contributed by atoms with Gasteiger partial charge in [0.15, 0.2) is 5.92 Å². The van der Waals surface area contributed by atoms with Crippen molar-refractivity contribution >= 4 is 11.9 Å². The number of ether oxygens (including phenoxy) is 2. The molecule has 0 aliphatic rings. The molecule has 0 fully saturated rings. The van der Waals surface area contributed by atoms with E-state index < -0.39 is 17.9 Å². The summed E-state index contributed by atoms with van der Waals surface area (Å²) in [5, 5.41) is 22.1. The van der Waals surface area contributed by atoms with Crippen molar-refractivity contribution in [3.05, 3.63) is 57.6 Å². The summed E-state index contributed by atoms with van der Waals surface area (Å²) in [6.45, 7) is 26.4. The normalized spacial score (nSPS) is 12.9. The molecule has 2 N–H and O–H groups in total. The van der Waals surface area contributed by atoms with E-state index in [1.807, 2.05) is 114 Å². The van der Waals surface area contributed by atoms with Crippen LogP contribution in [0.15, 0.2) is 24.3 Å². The number of phenolic OH excluding ortho intramolecular Hbond substituents is 2. The highest BCUT2D eigenvalue weighted by Gasteiger charge is 2.32. The van der Waals surface area contributed by atoms with E-state index in [1.54, 1.807) is 0 Å². The molecule has 0 spiro atoms. The highest BCUT2D eigenvalue weighted by atomic mass is 16.6. The summed E-state index contributed by atoms with van der Waals surface area (Å²) in [5.74, 6) is -1.74. The van der Waals surface area contributed by atoms with E-state index in [0.29, 0.717) is 12.8 Å². The van der Waals surface area contributed by atoms with Crippen LogP contribution in [0.25, 0.3) is 0 Å². The molecular formula is C37H56O6. The van der Waals surface area contributed by atoms with E-state index in [2.05, 4.69) is 0 Å². The van der Waals surface area contributed by atoms with Crippen LogP contribution < -0.4 is 0 Å². The van der Waals surface area contributed by atoms with Crippen molar-refractivity contribution in [1.82, 2.24) is 0 Å². The van der Waals surface area contributed by atoms with Gasteiger partial charge in [0.2, 0.25) is 0 Å². The number of phenols is 2. The Hall–Kier alpha value is -3.02. The minimum atomic E-state index is -1.04. The minimum absolute atomic E-state index is 0.0109. The fourth-order valence-corrected chi connectivity index (χ4v) is 5.09. The first-order valence-corrected chi connectivity index (χ1v) is 15.6. The molecule has 2 rings (SSSR count). The number of hydrogen-bond acceptors (Lipinski definition) is 6. The molecule has 0 heterocycles. The maximum absolute atomic E-state index is 13.3. The quantitative estimate of drug-likeness (QED) is 0.222. The molecule has 0 bridgehead atoms. The topological polar surface area (TPSA) is 93.1 Å². The number of carbonyl (C=O) groups is 2. The van der Waals surface area contributed by atoms with Crippen LogP contribution in [0.2, 0.25) is 0 Å². The van der Waals surface area contributed by atoms with E-state index in [9.17, 15) is 19.8 Å². The van der Waals surface area contributed by atoms with Crippen molar-refractivity contribution in [3.63, 3.8) is 0 Å². The zero-order valence-electron chi connectivity index (χ0n) is 28.9. The van der Waals surface area contributed by atoms with Crippen LogP contribution in [-0.2, 0) is 53.9 Å². The Morgan fingerprint density at radius 1 is 0.605 bits per heavy atom. The lowest BCUT2D eigenvalue weighted by atomic mass is 9.78. The van der Waals surface area contributed by atoms with Gasteiger partial charge in [0.05, 0.1) is 0 Å². The molecule has 0 aromatic heterocycles. The van der Waals surface area contributed by atoms with Crippen LogP contribution >= 0.6 is 0 Å². The van der Waals surface area contributed by atoms with E-state index in [1.165, 1.54) is 0 Å². The van der Waals surface area contributed by atoms with Crippen LogP contribution in [-0.4, -0.2) is 22.2 Å². The molecule has 2 aromatic carbocycles. The van der Waals surface area contributed by atoms with Crippen LogP contribution in [0.5, 0.6) is 11.5 Å². The van der Waals surface area contributed by atoms with Crippen LogP contribution in [0, 0.1) is 5.92 Å². The van der Waals surface area contributed by atoms with Gasteiger partial charge in [-0.05, 0) is 85.7 Å². The van der Waals surface area contributed by atoms with Crippen molar-refractivity contribution in [3.8, 4) is 11.5 Å². The third-order valence-electron chi connectivity index (χ3n) is 7.75. The van der Waals surface area contributed by atoms with E-state index >= 15 is 0 Å². The van der Waals surface area contributed by atoms with Crippen molar-refractivity contribution in [2.45, 2.75) is 144 Å². The summed E-state index contributed by atoms with van der Waals surface area (Å²) >= 11 is 0. The van der Waals surface area contributed by atoms with Crippen molar-refractivity contribution in [1.29, 1.82) is 0 Å². The van der Waals surface area contributed by atoms with E-state index in [0.717, 1.165) is 39.8 Å². The summed E-state index contributed by atoms with van der Waals surface area (Å²) < 4.78 is 11.4. The SMILES string of the molecule is CCCCC(C(=O)OCc1cc(C(C)(C)C)c(O)c(C(C)(C)C)c1)C(=O)OCc1cc(C(C)(C)C)c(O)c(C(C)(C)C)c1. The van der Waals surface area contributed by atoms with Gasteiger partial charge in [-0.1, -0.05) is 103 Å².